The van der Waals surface area contributed by atoms with Gasteiger partial charge in [-0.2, -0.15) is 4.98 Å². The van der Waals surface area contributed by atoms with Crippen LogP contribution < -0.4 is 10.1 Å². The van der Waals surface area contributed by atoms with Crippen LogP contribution in [0.4, 0.5) is 6.01 Å². The highest BCUT2D eigenvalue weighted by Crippen LogP contribution is 2.27. The second kappa shape index (κ2) is 4.91. The second-order valence-electron chi connectivity index (χ2n) is 3.67. The maximum absolute atomic E-state index is 5.30. The molecule has 0 atom stereocenters. The van der Waals surface area contributed by atoms with Crippen molar-refractivity contribution in [1.29, 1.82) is 0 Å². The van der Waals surface area contributed by atoms with Crippen molar-refractivity contribution in [2.45, 2.75) is 13.3 Å². The van der Waals surface area contributed by atoms with Crippen LogP contribution in [0.15, 0.2) is 28.9 Å². The fraction of sp³-hybridized carbons (Fsp3) is 0.308. The zero-order valence-electron chi connectivity index (χ0n) is 10.3. The van der Waals surface area contributed by atoms with Gasteiger partial charge in [-0.05, 0) is 30.2 Å². The summed E-state index contributed by atoms with van der Waals surface area (Å²) in [5.74, 6) is 0.911. The van der Waals surface area contributed by atoms with E-state index in [0.29, 0.717) is 6.01 Å². The van der Waals surface area contributed by atoms with Gasteiger partial charge in [0.15, 0.2) is 0 Å². The number of nitrogens with one attached hydrogen (secondary N) is 1. The highest BCUT2D eigenvalue weighted by molar-refractivity contribution is 5.62. The molecule has 1 aromatic carbocycles. The molecule has 90 valence electrons. The zero-order valence-corrected chi connectivity index (χ0v) is 10.3. The maximum Gasteiger partial charge on any atom is 0.294 e. The summed E-state index contributed by atoms with van der Waals surface area (Å²) < 4.78 is 10.5. The Morgan fingerprint density at radius 1 is 1.41 bits per heavy atom. The number of hydrogen-bond donors (Lipinski definition) is 1. The van der Waals surface area contributed by atoms with Crippen LogP contribution >= 0.6 is 0 Å². The molecule has 0 unspecified atom stereocenters. The molecule has 0 bridgehead atoms. The predicted octanol–water partition coefficient (Wildman–Crippen LogP) is 2.95. The number of nitrogens with zero attached hydrogens (tertiary/aromatic N) is 1. The normalized spacial score (nSPS) is 10.3. The van der Waals surface area contributed by atoms with Crippen LogP contribution in [0.5, 0.6) is 5.75 Å². The Hall–Kier alpha value is -1.97. The average Bonchev–Trinajstić information content (AvgIpc) is 2.86. The lowest BCUT2D eigenvalue weighted by Gasteiger charge is -2.07. The Morgan fingerprint density at radius 3 is 2.82 bits per heavy atom. The van der Waals surface area contributed by atoms with E-state index in [1.807, 2.05) is 12.1 Å². The van der Waals surface area contributed by atoms with E-state index in [0.717, 1.165) is 23.4 Å². The van der Waals surface area contributed by atoms with Crippen LogP contribution in [0.3, 0.4) is 0 Å². The zero-order chi connectivity index (χ0) is 12.3. The van der Waals surface area contributed by atoms with E-state index >= 15 is 0 Å². The van der Waals surface area contributed by atoms with Gasteiger partial charge in [0, 0.05) is 12.6 Å². The summed E-state index contributed by atoms with van der Waals surface area (Å²) >= 11 is 0. The van der Waals surface area contributed by atoms with Crippen molar-refractivity contribution >= 4 is 6.01 Å². The number of ether oxygens (including phenoxy) is 1. The van der Waals surface area contributed by atoms with Gasteiger partial charge in [-0.1, -0.05) is 6.92 Å². The number of rotatable bonds is 4. The first-order chi connectivity index (χ1) is 8.28. The number of aromatic nitrogens is 1. The molecule has 0 radical (unpaired) electrons. The highest BCUT2D eigenvalue weighted by atomic mass is 16.5. The summed E-state index contributed by atoms with van der Waals surface area (Å²) in [6.45, 7) is 2.10. The van der Waals surface area contributed by atoms with Crippen molar-refractivity contribution in [2.75, 3.05) is 19.5 Å². The van der Waals surface area contributed by atoms with E-state index in [1.165, 1.54) is 5.56 Å². The smallest absolute Gasteiger partial charge is 0.294 e. The summed E-state index contributed by atoms with van der Waals surface area (Å²) in [6.07, 6.45) is 2.57. The van der Waals surface area contributed by atoms with Gasteiger partial charge < -0.3 is 14.5 Å². The molecular formula is C13H16N2O2. The third-order valence-corrected chi connectivity index (χ3v) is 2.68. The Balaban J connectivity index is 2.38. The molecule has 4 nitrogen and oxygen atoms in total. The molecule has 0 spiro atoms. The largest absolute Gasteiger partial charge is 0.496 e. The fourth-order valence-electron chi connectivity index (χ4n) is 1.74. The van der Waals surface area contributed by atoms with Crippen LogP contribution in [0.1, 0.15) is 12.5 Å². The minimum Gasteiger partial charge on any atom is -0.496 e. The van der Waals surface area contributed by atoms with Crippen molar-refractivity contribution in [1.82, 2.24) is 4.98 Å². The fourth-order valence-corrected chi connectivity index (χ4v) is 1.74. The topological polar surface area (TPSA) is 47.3 Å². The molecule has 0 aliphatic heterocycles. The molecule has 17 heavy (non-hydrogen) atoms. The molecule has 0 amide bonds. The molecule has 0 aliphatic rings. The van der Waals surface area contributed by atoms with Gasteiger partial charge in [-0.3, -0.25) is 0 Å². The van der Waals surface area contributed by atoms with Crippen molar-refractivity contribution in [2.24, 2.45) is 0 Å². The number of hydrogen-bond acceptors (Lipinski definition) is 4. The Bertz CT molecular complexity index is 506. The van der Waals surface area contributed by atoms with Crippen LogP contribution in [-0.4, -0.2) is 19.1 Å². The summed E-state index contributed by atoms with van der Waals surface area (Å²) in [7, 11) is 3.46. The molecule has 4 heteroatoms. The lowest BCUT2D eigenvalue weighted by molar-refractivity contribution is 0.410. The van der Waals surface area contributed by atoms with Crippen LogP contribution in [0, 0.1) is 0 Å². The molecule has 0 fully saturated rings. The Kier molecular flexibility index (Phi) is 3.32. The van der Waals surface area contributed by atoms with E-state index in [9.17, 15) is 0 Å². The third-order valence-electron chi connectivity index (χ3n) is 2.68. The molecule has 2 aromatic rings. The summed E-state index contributed by atoms with van der Waals surface area (Å²) in [4.78, 5) is 4.31. The first-order valence-corrected chi connectivity index (χ1v) is 5.59. The number of aryl methyl sites for hydroxylation is 1. The SMILES string of the molecule is CCc1cc(-c2coc(NC)n2)ccc1OC. The molecule has 1 heterocycles. The second-order valence-corrected chi connectivity index (χ2v) is 3.67. The van der Waals surface area contributed by atoms with Gasteiger partial charge in [0.2, 0.25) is 0 Å². The van der Waals surface area contributed by atoms with E-state index in [-0.39, 0.29) is 0 Å². The minimum absolute atomic E-state index is 0.522. The molecule has 0 saturated heterocycles. The van der Waals surface area contributed by atoms with Crippen molar-refractivity contribution in [3.8, 4) is 17.0 Å². The summed E-state index contributed by atoms with van der Waals surface area (Å²) in [6, 6.07) is 6.54. The quantitative estimate of drug-likeness (QED) is 0.880. The minimum atomic E-state index is 0.522. The van der Waals surface area contributed by atoms with Gasteiger partial charge in [0.25, 0.3) is 6.01 Å². The van der Waals surface area contributed by atoms with Crippen LogP contribution in [0.2, 0.25) is 0 Å². The summed E-state index contributed by atoms with van der Waals surface area (Å²) in [5, 5.41) is 2.87. The maximum atomic E-state index is 5.30. The predicted molar refractivity (Wildman–Crippen MR) is 67.4 cm³/mol. The number of oxazole rings is 1. The molecular weight excluding hydrogens is 216 g/mol. The third kappa shape index (κ3) is 2.25. The van der Waals surface area contributed by atoms with Gasteiger partial charge in [-0.15, -0.1) is 0 Å². The average molecular weight is 232 g/mol. The molecule has 1 N–H and O–H groups in total. The first kappa shape index (κ1) is 11.5. The van der Waals surface area contributed by atoms with Gasteiger partial charge >= 0.3 is 0 Å². The number of anilines is 1. The van der Waals surface area contributed by atoms with Crippen molar-refractivity contribution < 1.29 is 9.15 Å². The van der Waals surface area contributed by atoms with E-state index in [2.05, 4.69) is 23.3 Å². The standard InChI is InChI=1S/C13H16N2O2/c1-4-9-7-10(5-6-12(9)16-3)11-8-17-13(14-2)15-11/h5-8H,4H2,1-3H3,(H,14,15). The Morgan fingerprint density at radius 2 is 2.24 bits per heavy atom. The lowest BCUT2D eigenvalue weighted by atomic mass is 10.1. The number of methoxy groups -OCH3 is 1. The van der Waals surface area contributed by atoms with Gasteiger partial charge in [0.1, 0.15) is 17.7 Å². The van der Waals surface area contributed by atoms with Crippen LogP contribution in [-0.2, 0) is 6.42 Å². The Labute approximate surface area is 101 Å². The van der Waals surface area contributed by atoms with E-state index in [4.69, 9.17) is 9.15 Å². The van der Waals surface area contributed by atoms with E-state index < -0.39 is 0 Å². The number of benzene rings is 1. The van der Waals surface area contributed by atoms with Gasteiger partial charge in [0.05, 0.1) is 7.11 Å². The van der Waals surface area contributed by atoms with Crippen molar-refractivity contribution in [3.63, 3.8) is 0 Å². The lowest BCUT2D eigenvalue weighted by Crippen LogP contribution is -1.91. The highest BCUT2D eigenvalue weighted by Gasteiger charge is 2.08. The van der Waals surface area contributed by atoms with Gasteiger partial charge in [-0.25, -0.2) is 0 Å². The first-order valence-electron chi connectivity index (χ1n) is 5.59. The monoisotopic (exact) mass is 232 g/mol. The summed E-state index contributed by atoms with van der Waals surface area (Å²) in [5.41, 5.74) is 3.03. The molecule has 2 rings (SSSR count). The molecule has 0 aliphatic carbocycles. The molecule has 0 saturated carbocycles. The molecule has 1 aromatic heterocycles. The van der Waals surface area contributed by atoms with Crippen LogP contribution in [0.25, 0.3) is 11.3 Å². The van der Waals surface area contributed by atoms with Crippen molar-refractivity contribution in [3.05, 3.63) is 30.0 Å². The van der Waals surface area contributed by atoms with E-state index in [1.54, 1.807) is 20.4 Å².